The van der Waals surface area contributed by atoms with Crippen molar-refractivity contribution in [3.63, 3.8) is 0 Å². The van der Waals surface area contributed by atoms with Gasteiger partial charge in [0.05, 0.1) is 4.90 Å². The molecule has 6 nitrogen and oxygen atoms in total. The second-order valence-electron chi connectivity index (χ2n) is 5.38. The number of sulfonamides is 1. The number of hydrogen-bond acceptors (Lipinski definition) is 4. The second kappa shape index (κ2) is 6.10. The van der Waals surface area contributed by atoms with E-state index in [1.165, 1.54) is 0 Å². The molecule has 1 aliphatic rings. The molecule has 8 heteroatoms. The molecule has 0 saturated carbocycles. The molecule has 1 aromatic heterocycles. The van der Waals surface area contributed by atoms with Gasteiger partial charge in [-0.2, -0.15) is 4.31 Å². The van der Waals surface area contributed by atoms with Crippen LogP contribution in [-0.4, -0.2) is 40.6 Å². The van der Waals surface area contributed by atoms with E-state index in [2.05, 4.69) is 26.1 Å². The smallest absolute Gasteiger partial charge is 0.243 e. The Bertz CT molecular complexity index is 767. The maximum atomic E-state index is 12.7. The molecule has 1 aromatic carbocycles. The summed E-state index contributed by atoms with van der Waals surface area (Å²) in [4.78, 5) is 0.334. The summed E-state index contributed by atoms with van der Waals surface area (Å²) in [6.07, 6.45) is 3.26. The molecule has 0 radical (unpaired) electrons. The van der Waals surface area contributed by atoms with Gasteiger partial charge in [0.15, 0.2) is 0 Å². The van der Waals surface area contributed by atoms with E-state index >= 15 is 0 Å². The fraction of sp³-hybridized carbons (Fsp3) is 0.429. The Morgan fingerprint density at radius 2 is 2.00 bits per heavy atom. The van der Waals surface area contributed by atoms with E-state index in [4.69, 9.17) is 0 Å². The van der Waals surface area contributed by atoms with Crippen molar-refractivity contribution in [1.29, 1.82) is 0 Å². The van der Waals surface area contributed by atoms with Gasteiger partial charge in [0.2, 0.25) is 10.0 Å². The van der Waals surface area contributed by atoms with Crippen LogP contribution in [0.25, 0.3) is 0 Å². The maximum absolute atomic E-state index is 12.7. The van der Waals surface area contributed by atoms with Gasteiger partial charge in [-0.15, -0.1) is 10.2 Å². The molecule has 0 bridgehead atoms. The molecule has 1 aliphatic heterocycles. The lowest BCUT2D eigenvalue weighted by Gasteiger charge is -2.32. The minimum atomic E-state index is -3.42. The summed E-state index contributed by atoms with van der Waals surface area (Å²) in [7, 11) is -3.42. The summed E-state index contributed by atoms with van der Waals surface area (Å²) in [5, 5.41) is 7.89. The Kier molecular flexibility index (Phi) is 4.33. The van der Waals surface area contributed by atoms with Gasteiger partial charge < -0.3 is 4.57 Å². The Morgan fingerprint density at radius 3 is 2.59 bits per heavy atom. The van der Waals surface area contributed by atoms with E-state index in [0.717, 1.165) is 23.1 Å². The van der Waals surface area contributed by atoms with Crippen molar-refractivity contribution < 1.29 is 8.42 Å². The van der Waals surface area contributed by atoms with Crippen molar-refractivity contribution in [2.45, 2.75) is 30.7 Å². The topological polar surface area (TPSA) is 68.1 Å². The lowest BCUT2D eigenvalue weighted by atomic mass is 10.1. The monoisotopic (exact) mass is 384 g/mol. The average molecular weight is 385 g/mol. The minimum Gasteiger partial charge on any atom is -0.315 e. The summed E-state index contributed by atoms with van der Waals surface area (Å²) in [6.45, 7) is 2.94. The number of halogens is 1. The molecular formula is C14H17BrN4O2S. The van der Waals surface area contributed by atoms with Crippen LogP contribution in [0.1, 0.15) is 24.7 Å². The average Bonchev–Trinajstić information content (AvgIpc) is 2.93. The number of aromatic nitrogens is 3. The lowest BCUT2D eigenvalue weighted by Crippen LogP contribution is -2.39. The number of piperidine rings is 1. The van der Waals surface area contributed by atoms with Gasteiger partial charge in [-0.1, -0.05) is 22.0 Å². The van der Waals surface area contributed by atoms with E-state index < -0.39 is 10.0 Å². The van der Waals surface area contributed by atoms with E-state index in [0.29, 0.717) is 18.0 Å². The highest BCUT2D eigenvalue weighted by molar-refractivity contribution is 9.10. The normalized spacial score (nSPS) is 17.7. The van der Waals surface area contributed by atoms with Crippen molar-refractivity contribution in [3.05, 3.63) is 40.9 Å². The van der Waals surface area contributed by atoms with Gasteiger partial charge in [0.1, 0.15) is 12.2 Å². The molecule has 1 saturated heterocycles. The Labute approximate surface area is 138 Å². The first-order valence-electron chi connectivity index (χ1n) is 7.10. The number of aryl methyl sites for hydroxylation is 1. The molecule has 2 heterocycles. The molecule has 0 spiro atoms. The third-order valence-electron chi connectivity index (χ3n) is 4.00. The van der Waals surface area contributed by atoms with Gasteiger partial charge in [0.25, 0.3) is 0 Å². The lowest BCUT2D eigenvalue weighted by molar-refractivity contribution is 0.271. The van der Waals surface area contributed by atoms with Crippen molar-refractivity contribution in [1.82, 2.24) is 19.1 Å². The van der Waals surface area contributed by atoms with Crippen LogP contribution in [0.4, 0.5) is 0 Å². The van der Waals surface area contributed by atoms with E-state index in [1.54, 1.807) is 28.8 Å². The van der Waals surface area contributed by atoms with Gasteiger partial charge in [-0.05, 0) is 38.0 Å². The molecule has 0 atom stereocenters. The largest absolute Gasteiger partial charge is 0.315 e. The van der Waals surface area contributed by atoms with Gasteiger partial charge in [0, 0.05) is 23.6 Å². The summed E-state index contributed by atoms with van der Waals surface area (Å²) in [5.41, 5.74) is 0. The highest BCUT2D eigenvalue weighted by Crippen LogP contribution is 2.28. The summed E-state index contributed by atoms with van der Waals surface area (Å²) in [5.74, 6) is 0.869. The van der Waals surface area contributed by atoms with Crippen LogP contribution in [-0.2, 0) is 10.0 Å². The maximum Gasteiger partial charge on any atom is 0.243 e. The zero-order chi connectivity index (χ0) is 15.7. The van der Waals surface area contributed by atoms with Crippen LogP contribution in [0, 0.1) is 6.92 Å². The van der Waals surface area contributed by atoms with Crippen molar-refractivity contribution in [3.8, 4) is 0 Å². The number of rotatable bonds is 3. The first-order chi connectivity index (χ1) is 10.5. The van der Waals surface area contributed by atoms with Crippen LogP contribution in [0.5, 0.6) is 0 Å². The molecule has 0 unspecified atom stereocenters. The fourth-order valence-electron chi connectivity index (χ4n) is 2.80. The molecular weight excluding hydrogens is 368 g/mol. The molecule has 2 aromatic rings. The predicted octanol–water partition coefficient (Wildman–Crippen LogP) is 2.37. The molecule has 3 rings (SSSR count). The van der Waals surface area contributed by atoms with E-state index in [-0.39, 0.29) is 6.04 Å². The summed E-state index contributed by atoms with van der Waals surface area (Å²) < 4.78 is 29.7. The van der Waals surface area contributed by atoms with Gasteiger partial charge in [-0.3, -0.25) is 0 Å². The predicted molar refractivity (Wildman–Crippen MR) is 85.9 cm³/mol. The first kappa shape index (κ1) is 15.6. The molecule has 0 amide bonds. The number of nitrogens with zero attached hydrogens (tertiary/aromatic N) is 4. The van der Waals surface area contributed by atoms with Gasteiger partial charge >= 0.3 is 0 Å². The second-order valence-corrected chi connectivity index (χ2v) is 8.23. The van der Waals surface area contributed by atoms with Crippen LogP contribution in [0.2, 0.25) is 0 Å². The summed E-state index contributed by atoms with van der Waals surface area (Å²) in [6, 6.07) is 7.11. The Hall–Kier alpha value is -1.25. The number of hydrogen-bond donors (Lipinski definition) is 0. The minimum absolute atomic E-state index is 0.268. The van der Waals surface area contributed by atoms with Crippen molar-refractivity contribution in [2.24, 2.45) is 0 Å². The Balaban J connectivity index is 1.75. The third-order valence-corrected chi connectivity index (χ3v) is 6.39. The quantitative estimate of drug-likeness (QED) is 0.814. The highest BCUT2D eigenvalue weighted by atomic mass is 79.9. The molecule has 0 aliphatic carbocycles. The Morgan fingerprint density at radius 1 is 1.27 bits per heavy atom. The van der Waals surface area contributed by atoms with Crippen LogP contribution >= 0.6 is 15.9 Å². The fourth-order valence-corrected chi connectivity index (χ4v) is 4.86. The van der Waals surface area contributed by atoms with E-state index in [1.807, 2.05) is 17.6 Å². The van der Waals surface area contributed by atoms with Crippen LogP contribution in [0.15, 0.2) is 40.0 Å². The molecule has 118 valence electrons. The van der Waals surface area contributed by atoms with Crippen LogP contribution in [0.3, 0.4) is 0 Å². The van der Waals surface area contributed by atoms with Crippen molar-refractivity contribution in [2.75, 3.05) is 13.1 Å². The zero-order valence-electron chi connectivity index (χ0n) is 12.2. The van der Waals surface area contributed by atoms with E-state index in [9.17, 15) is 8.42 Å². The zero-order valence-corrected chi connectivity index (χ0v) is 14.6. The molecule has 1 fully saturated rings. The summed E-state index contributed by atoms with van der Waals surface area (Å²) >= 11 is 3.32. The van der Waals surface area contributed by atoms with Crippen LogP contribution < -0.4 is 0 Å². The SMILES string of the molecule is Cc1nncn1C1CCN(S(=O)(=O)c2cccc(Br)c2)CC1. The highest BCUT2D eigenvalue weighted by Gasteiger charge is 2.30. The third kappa shape index (κ3) is 2.95. The molecule has 22 heavy (non-hydrogen) atoms. The standard InChI is InChI=1S/C14H17BrN4O2S/c1-11-17-16-10-19(11)13-5-7-18(8-6-13)22(20,21)14-4-2-3-12(15)9-14/h2-4,9-10,13H,5-8H2,1H3. The van der Waals surface area contributed by atoms with Crippen molar-refractivity contribution >= 4 is 26.0 Å². The molecule has 0 N–H and O–H groups in total. The van der Waals surface area contributed by atoms with Gasteiger partial charge in [-0.25, -0.2) is 8.42 Å². The first-order valence-corrected chi connectivity index (χ1v) is 9.33. The number of benzene rings is 1.